The number of allylic oxidation sites excluding steroid dienone is 1. The van der Waals surface area contributed by atoms with Crippen LogP contribution >= 0.6 is 0 Å². The lowest BCUT2D eigenvalue weighted by Gasteiger charge is -2.38. The summed E-state index contributed by atoms with van der Waals surface area (Å²) in [6.07, 6.45) is 5.84. The molecule has 2 aliphatic heterocycles. The van der Waals surface area contributed by atoms with Crippen molar-refractivity contribution in [3.8, 4) is 0 Å². The van der Waals surface area contributed by atoms with Crippen LogP contribution in [0.3, 0.4) is 0 Å². The molecule has 0 radical (unpaired) electrons. The number of aromatic nitrogens is 6. The van der Waals surface area contributed by atoms with Crippen LogP contribution < -0.4 is 15.5 Å². The summed E-state index contributed by atoms with van der Waals surface area (Å²) in [5.74, 6) is 2.40. The molecule has 0 unspecified atom stereocenters. The van der Waals surface area contributed by atoms with E-state index in [-0.39, 0.29) is 5.91 Å². The number of nitrogens with zero attached hydrogens (tertiary/aromatic N) is 9. The van der Waals surface area contributed by atoms with Gasteiger partial charge in [0.05, 0.1) is 11.9 Å². The van der Waals surface area contributed by atoms with Gasteiger partial charge in [-0.1, -0.05) is 12.6 Å². The van der Waals surface area contributed by atoms with Gasteiger partial charge in [0.25, 0.3) is 5.91 Å². The Balaban J connectivity index is 1.16. The highest BCUT2D eigenvalue weighted by atomic mass is 16.1. The van der Waals surface area contributed by atoms with Gasteiger partial charge in [0.2, 0.25) is 5.95 Å². The highest BCUT2D eigenvalue weighted by Gasteiger charge is 2.24. The number of amides is 1. The first kappa shape index (κ1) is 29.6. The average molecular weight is 596 g/mol. The van der Waals surface area contributed by atoms with E-state index in [2.05, 4.69) is 59.0 Å². The summed E-state index contributed by atoms with van der Waals surface area (Å²) >= 11 is 0. The van der Waals surface area contributed by atoms with Crippen LogP contribution in [0.25, 0.3) is 16.6 Å². The number of hydrogen-bond acceptors (Lipinski definition) is 10. The van der Waals surface area contributed by atoms with Crippen molar-refractivity contribution in [2.24, 2.45) is 13.0 Å². The van der Waals surface area contributed by atoms with Gasteiger partial charge in [0, 0.05) is 57.1 Å². The van der Waals surface area contributed by atoms with Crippen LogP contribution in [-0.2, 0) is 7.05 Å². The molecule has 1 aromatic carbocycles. The van der Waals surface area contributed by atoms with Crippen molar-refractivity contribution in [3.63, 3.8) is 0 Å². The third-order valence-electron chi connectivity index (χ3n) is 8.69. The molecule has 0 atom stereocenters. The number of fused-ring (bicyclic) bond motifs is 1. The number of aryl methyl sites for hydroxylation is 2. The molecule has 0 bridgehead atoms. The molecule has 6 rings (SSSR count). The van der Waals surface area contributed by atoms with E-state index in [4.69, 9.17) is 4.98 Å². The molecular weight excluding hydrogens is 554 g/mol. The number of carbonyl (C=O) groups excluding carboxylic acids is 1. The van der Waals surface area contributed by atoms with Crippen LogP contribution in [0.4, 0.5) is 23.3 Å². The number of likely N-dealkylation sites (tertiary alicyclic amines) is 1. The molecule has 2 aliphatic rings. The summed E-state index contributed by atoms with van der Waals surface area (Å²) in [5, 5.41) is 10.8. The minimum atomic E-state index is -0.239. The van der Waals surface area contributed by atoms with Crippen LogP contribution in [0.1, 0.15) is 41.4 Å². The highest BCUT2D eigenvalue weighted by Crippen LogP contribution is 2.27. The van der Waals surface area contributed by atoms with Crippen molar-refractivity contribution in [1.82, 2.24) is 39.5 Å². The molecule has 0 aliphatic carbocycles. The maximum absolute atomic E-state index is 13.2. The first-order chi connectivity index (χ1) is 21.2. The summed E-state index contributed by atoms with van der Waals surface area (Å²) < 4.78 is 1.63. The van der Waals surface area contributed by atoms with Gasteiger partial charge < -0.3 is 20.4 Å². The molecular formula is C32H41N11O. The molecule has 230 valence electrons. The molecule has 2 saturated heterocycles. The van der Waals surface area contributed by atoms with Gasteiger partial charge in [-0.2, -0.15) is 5.10 Å². The maximum atomic E-state index is 13.2. The minimum Gasteiger partial charge on any atom is -0.338 e. The SMILES string of the molecule is C=C(C)c1cc(NC(=O)c2ccc(C)c(Nc3ncnc4cnc(N5CCN(CC6CCN(C)CC6)CC5)nc34)c2)n(C)n1. The third kappa shape index (κ3) is 6.56. The minimum absolute atomic E-state index is 0.239. The van der Waals surface area contributed by atoms with Crippen molar-refractivity contribution in [2.75, 3.05) is 68.4 Å². The van der Waals surface area contributed by atoms with E-state index in [0.717, 1.165) is 54.6 Å². The molecule has 0 saturated carbocycles. The van der Waals surface area contributed by atoms with Gasteiger partial charge in [-0.05, 0) is 76.0 Å². The Hall–Kier alpha value is -4.42. The quantitative estimate of drug-likeness (QED) is 0.310. The molecule has 3 aromatic heterocycles. The van der Waals surface area contributed by atoms with E-state index in [9.17, 15) is 4.79 Å². The zero-order valence-electron chi connectivity index (χ0n) is 26.0. The monoisotopic (exact) mass is 595 g/mol. The van der Waals surface area contributed by atoms with Gasteiger partial charge in [-0.25, -0.2) is 19.9 Å². The van der Waals surface area contributed by atoms with E-state index in [0.29, 0.717) is 34.2 Å². The molecule has 12 nitrogen and oxygen atoms in total. The van der Waals surface area contributed by atoms with Gasteiger partial charge in [-0.15, -0.1) is 0 Å². The second-order valence-corrected chi connectivity index (χ2v) is 12.1. The Kier molecular flexibility index (Phi) is 8.53. The number of benzene rings is 1. The average Bonchev–Trinajstić information content (AvgIpc) is 3.39. The predicted octanol–water partition coefficient (Wildman–Crippen LogP) is 3.95. The van der Waals surface area contributed by atoms with Crippen LogP contribution in [0, 0.1) is 12.8 Å². The van der Waals surface area contributed by atoms with Crippen molar-refractivity contribution in [3.05, 3.63) is 60.2 Å². The fourth-order valence-corrected chi connectivity index (χ4v) is 5.84. The Bertz CT molecular complexity index is 1670. The first-order valence-electron chi connectivity index (χ1n) is 15.3. The van der Waals surface area contributed by atoms with Gasteiger partial charge in [0.15, 0.2) is 5.82 Å². The topological polar surface area (TPSA) is 120 Å². The van der Waals surface area contributed by atoms with Crippen molar-refractivity contribution in [1.29, 1.82) is 0 Å². The summed E-state index contributed by atoms with van der Waals surface area (Å²) in [7, 11) is 4.00. The summed E-state index contributed by atoms with van der Waals surface area (Å²) in [6, 6.07) is 7.35. The van der Waals surface area contributed by atoms with Gasteiger partial charge in [0.1, 0.15) is 23.2 Å². The second kappa shape index (κ2) is 12.7. The van der Waals surface area contributed by atoms with Crippen LogP contribution in [-0.4, -0.2) is 98.3 Å². The molecule has 1 amide bonds. The number of carbonyl (C=O) groups is 1. The van der Waals surface area contributed by atoms with E-state index >= 15 is 0 Å². The molecule has 44 heavy (non-hydrogen) atoms. The van der Waals surface area contributed by atoms with E-state index < -0.39 is 0 Å². The molecule has 4 aromatic rings. The number of nitrogens with one attached hydrogen (secondary N) is 2. The lowest BCUT2D eigenvalue weighted by atomic mass is 9.96. The van der Waals surface area contributed by atoms with Gasteiger partial charge >= 0.3 is 0 Å². The van der Waals surface area contributed by atoms with Crippen molar-refractivity contribution >= 4 is 45.8 Å². The van der Waals surface area contributed by atoms with Crippen LogP contribution in [0.5, 0.6) is 0 Å². The number of piperidine rings is 1. The summed E-state index contributed by atoms with van der Waals surface area (Å²) in [5.41, 5.74) is 5.09. The molecule has 0 spiro atoms. The molecule has 12 heteroatoms. The summed E-state index contributed by atoms with van der Waals surface area (Å²) in [6.45, 7) is 15.2. The molecule has 5 heterocycles. The maximum Gasteiger partial charge on any atom is 0.256 e. The largest absolute Gasteiger partial charge is 0.338 e. The van der Waals surface area contributed by atoms with Crippen LogP contribution in [0.15, 0.2) is 43.4 Å². The fraction of sp³-hybridized carbons (Fsp3) is 0.438. The Morgan fingerprint density at radius 3 is 2.52 bits per heavy atom. The number of rotatable bonds is 8. The van der Waals surface area contributed by atoms with Crippen molar-refractivity contribution in [2.45, 2.75) is 26.7 Å². The van der Waals surface area contributed by atoms with Gasteiger partial charge in [-0.3, -0.25) is 14.4 Å². The first-order valence-corrected chi connectivity index (χ1v) is 15.3. The fourth-order valence-electron chi connectivity index (χ4n) is 5.84. The third-order valence-corrected chi connectivity index (χ3v) is 8.69. The van der Waals surface area contributed by atoms with E-state index in [1.807, 2.05) is 32.0 Å². The number of hydrogen-bond donors (Lipinski definition) is 2. The molecule has 2 N–H and O–H groups in total. The second-order valence-electron chi connectivity index (χ2n) is 12.1. The lowest BCUT2D eigenvalue weighted by molar-refractivity contribution is 0.102. The Morgan fingerprint density at radius 1 is 1.02 bits per heavy atom. The lowest BCUT2D eigenvalue weighted by Crippen LogP contribution is -2.49. The summed E-state index contributed by atoms with van der Waals surface area (Å²) in [4.78, 5) is 38.9. The number of anilines is 4. The highest BCUT2D eigenvalue weighted by molar-refractivity contribution is 6.05. The zero-order valence-corrected chi connectivity index (χ0v) is 26.0. The molecule has 2 fully saturated rings. The Morgan fingerprint density at radius 2 is 1.80 bits per heavy atom. The Labute approximate surface area is 258 Å². The smallest absolute Gasteiger partial charge is 0.256 e. The predicted molar refractivity (Wildman–Crippen MR) is 174 cm³/mol. The van der Waals surface area contributed by atoms with E-state index in [1.165, 1.54) is 38.8 Å². The van der Waals surface area contributed by atoms with Crippen LogP contribution in [0.2, 0.25) is 0 Å². The van der Waals surface area contributed by atoms with Crippen molar-refractivity contribution < 1.29 is 4.79 Å². The number of piperazine rings is 1. The van der Waals surface area contributed by atoms with E-state index in [1.54, 1.807) is 24.0 Å². The normalized spacial score (nSPS) is 16.8. The standard InChI is InChI=1S/C32H41N11O/c1-21(2)25-17-28(41(5)39-25)37-31(44)24-7-6-22(3)26(16-24)36-30-29-27(34-20-35-30)18-33-32(38-29)43-14-12-42(13-15-43)19-23-8-10-40(4)11-9-23/h6-7,16-18,20,23H,1,8-15,19H2,2-5H3,(H,37,44)(H,34,35,36). The zero-order chi connectivity index (χ0) is 30.8.